The van der Waals surface area contributed by atoms with Crippen molar-refractivity contribution in [3.8, 4) is 5.75 Å². The first-order valence-electron chi connectivity index (χ1n) is 7.35. The Morgan fingerprint density at radius 2 is 2.05 bits per heavy atom. The predicted octanol–water partition coefficient (Wildman–Crippen LogP) is 3.26. The van der Waals surface area contributed by atoms with E-state index in [0.29, 0.717) is 16.5 Å². The minimum atomic E-state index is 0.381. The van der Waals surface area contributed by atoms with E-state index in [-0.39, 0.29) is 0 Å². The van der Waals surface area contributed by atoms with E-state index in [1.165, 1.54) is 5.56 Å². The van der Waals surface area contributed by atoms with Gasteiger partial charge in [-0.3, -0.25) is 0 Å². The van der Waals surface area contributed by atoms with Crippen LogP contribution in [-0.2, 0) is 4.74 Å². The maximum Gasteiger partial charge on any atom is 0.118 e. The molecule has 112 valence electrons. The van der Waals surface area contributed by atoms with Crippen molar-refractivity contribution in [1.29, 1.82) is 0 Å². The number of hydrogen-bond donors (Lipinski definition) is 1. The summed E-state index contributed by atoms with van der Waals surface area (Å²) in [7, 11) is 1.71. The van der Waals surface area contributed by atoms with Gasteiger partial charge in [0.25, 0.3) is 0 Å². The Labute approximate surface area is 126 Å². The number of benzene rings is 1. The predicted molar refractivity (Wildman–Crippen MR) is 85.7 cm³/mol. The molecule has 2 rings (SSSR count). The third-order valence-corrected chi connectivity index (χ3v) is 4.93. The molecule has 1 N–H and O–H groups in total. The van der Waals surface area contributed by atoms with Crippen LogP contribution in [0, 0.1) is 0 Å². The molecule has 20 heavy (non-hydrogen) atoms. The fraction of sp³-hybridized carbons (Fsp3) is 0.625. The van der Waals surface area contributed by atoms with Gasteiger partial charge in [0.1, 0.15) is 5.75 Å². The van der Waals surface area contributed by atoms with Gasteiger partial charge >= 0.3 is 0 Å². The third kappa shape index (κ3) is 4.14. The number of thioether (sulfide) groups is 1. The minimum absolute atomic E-state index is 0.381. The van der Waals surface area contributed by atoms with E-state index >= 15 is 0 Å². The van der Waals surface area contributed by atoms with E-state index in [2.05, 4.69) is 31.3 Å². The zero-order chi connectivity index (χ0) is 14.4. The SMILES string of the molecule is CCCNC(c1ccc(OC)cc1)C(C)SC1COC1. The molecule has 4 heteroatoms. The van der Waals surface area contributed by atoms with E-state index < -0.39 is 0 Å². The van der Waals surface area contributed by atoms with Gasteiger partial charge < -0.3 is 14.8 Å². The molecule has 1 aromatic carbocycles. The highest BCUT2D eigenvalue weighted by molar-refractivity contribution is 8.00. The first kappa shape index (κ1) is 15.7. The topological polar surface area (TPSA) is 30.5 Å². The fourth-order valence-electron chi connectivity index (χ4n) is 2.34. The molecule has 0 spiro atoms. The van der Waals surface area contributed by atoms with Gasteiger partial charge in [0, 0.05) is 11.3 Å². The van der Waals surface area contributed by atoms with Crippen molar-refractivity contribution in [2.45, 2.75) is 36.8 Å². The second kappa shape index (κ2) is 7.91. The quantitative estimate of drug-likeness (QED) is 0.797. The third-order valence-electron chi connectivity index (χ3n) is 3.57. The zero-order valence-corrected chi connectivity index (χ0v) is 13.4. The lowest BCUT2D eigenvalue weighted by Gasteiger charge is -2.32. The van der Waals surface area contributed by atoms with Crippen LogP contribution in [0.1, 0.15) is 31.9 Å². The first-order chi connectivity index (χ1) is 9.74. The summed E-state index contributed by atoms with van der Waals surface area (Å²) in [6.45, 7) is 7.36. The van der Waals surface area contributed by atoms with Crippen molar-refractivity contribution in [2.24, 2.45) is 0 Å². The molecule has 0 radical (unpaired) electrons. The number of methoxy groups -OCH3 is 1. The summed E-state index contributed by atoms with van der Waals surface area (Å²) in [5, 5.41) is 4.87. The Morgan fingerprint density at radius 3 is 2.55 bits per heavy atom. The lowest BCUT2D eigenvalue weighted by molar-refractivity contribution is 0.0452. The molecule has 2 atom stereocenters. The summed E-state index contributed by atoms with van der Waals surface area (Å²) in [5.41, 5.74) is 1.33. The smallest absolute Gasteiger partial charge is 0.118 e. The summed E-state index contributed by atoms with van der Waals surface area (Å²) < 4.78 is 10.5. The highest BCUT2D eigenvalue weighted by atomic mass is 32.2. The normalized spacial score (nSPS) is 18.4. The maximum atomic E-state index is 5.27. The van der Waals surface area contributed by atoms with Gasteiger partial charge in [-0.25, -0.2) is 0 Å². The number of rotatable bonds is 8. The fourth-order valence-corrected chi connectivity index (χ4v) is 3.71. The Balaban J connectivity index is 2.03. The standard InChI is InChI=1S/C16H25NO2S/c1-4-9-17-16(12(2)20-15-10-19-11-15)13-5-7-14(18-3)8-6-13/h5-8,12,15-17H,4,9-11H2,1-3H3. The van der Waals surface area contributed by atoms with Gasteiger partial charge in [-0.1, -0.05) is 26.0 Å². The molecule has 0 aromatic heterocycles. The maximum absolute atomic E-state index is 5.27. The van der Waals surface area contributed by atoms with Crippen LogP contribution in [-0.4, -0.2) is 37.4 Å². The number of nitrogens with one attached hydrogen (secondary N) is 1. The van der Waals surface area contributed by atoms with Crippen molar-refractivity contribution in [3.63, 3.8) is 0 Å². The van der Waals surface area contributed by atoms with Gasteiger partial charge in [0.15, 0.2) is 0 Å². The summed E-state index contributed by atoms with van der Waals surface area (Å²) in [5.74, 6) is 0.913. The van der Waals surface area contributed by atoms with Gasteiger partial charge in [0.05, 0.1) is 25.6 Å². The highest BCUT2D eigenvalue weighted by Crippen LogP contribution is 2.32. The molecule has 0 bridgehead atoms. The van der Waals surface area contributed by atoms with Crippen LogP contribution in [0.15, 0.2) is 24.3 Å². The summed E-state index contributed by atoms with van der Waals surface area (Å²) in [4.78, 5) is 0. The number of hydrogen-bond acceptors (Lipinski definition) is 4. The van der Waals surface area contributed by atoms with Crippen LogP contribution in [0.5, 0.6) is 5.75 Å². The molecule has 0 aliphatic carbocycles. The summed E-state index contributed by atoms with van der Waals surface area (Å²) in [6, 6.07) is 8.80. The second-order valence-electron chi connectivity index (χ2n) is 5.21. The molecule has 2 unspecified atom stereocenters. The lowest BCUT2D eigenvalue weighted by Crippen LogP contribution is -2.36. The lowest BCUT2D eigenvalue weighted by atomic mass is 10.0. The van der Waals surface area contributed by atoms with Crippen LogP contribution in [0.4, 0.5) is 0 Å². The zero-order valence-electron chi connectivity index (χ0n) is 12.6. The van der Waals surface area contributed by atoms with E-state index in [4.69, 9.17) is 9.47 Å². The molecule has 1 aliphatic rings. The van der Waals surface area contributed by atoms with Crippen molar-refractivity contribution in [1.82, 2.24) is 5.32 Å². The summed E-state index contributed by atoms with van der Waals surface area (Å²) >= 11 is 2.03. The van der Waals surface area contributed by atoms with Crippen LogP contribution in [0.3, 0.4) is 0 Å². The van der Waals surface area contributed by atoms with Gasteiger partial charge in [0.2, 0.25) is 0 Å². The average molecular weight is 295 g/mol. The highest BCUT2D eigenvalue weighted by Gasteiger charge is 2.26. The van der Waals surface area contributed by atoms with Crippen molar-refractivity contribution < 1.29 is 9.47 Å². The van der Waals surface area contributed by atoms with E-state index in [1.54, 1.807) is 7.11 Å². The Bertz CT molecular complexity index is 392. The monoisotopic (exact) mass is 295 g/mol. The molecular formula is C16H25NO2S. The van der Waals surface area contributed by atoms with E-state index in [0.717, 1.165) is 31.9 Å². The van der Waals surface area contributed by atoms with Crippen molar-refractivity contribution in [3.05, 3.63) is 29.8 Å². The molecule has 1 heterocycles. The number of ether oxygens (including phenoxy) is 2. The Hall–Kier alpha value is -0.710. The first-order valence-corrected chi connectivity index (χ1v) is 8.29. The Kier molecular flexibility index (Phi) is 6.20. The molecule has 1 aliphatic heterocycles. The van der Waals surface area contributed by atoms with Crippen LogP contribution in [0.2, 0.25) is 0 Å². The summed E-state index contributed by atoms with van der Waals surface area (Å²) in [6.07, 6.45) is 1.15. The van der Waals surface area contributed by atoms with Crippen LogP contribution in [0.25, 0.3) is 0 Å². The van der Waals surface area contributed by atoms with Gasteiger partial charge in [-0.15, -0.1) is 11.8 Å². The average Bonchev–Trinajstić information content (AvgIpc) is 2.44. The second-order valence-corrected chi connectivity index (χ2v) is 6.89. The van der Waals surface area contributed by atoms with E-state index in [9.17, 15) is 0 Å². The molecule has 0 saturated carbocycles. The van der Waals surface area contributed by atoms with Gasteiger partial charge in [-0.2, -0.15) is 0 Å². The molecule has 1 fully saturated rings. The van der Waals surface area contributed by atoms with Crippen molar-refractivity contribution in [2.75, 3.05) is 26.9 Å². The Morgan fingerprint density at radius 1 is 1.35 bits per heavy atom. The minimum Gasteiger partial charge on any atom is -0.497 e. The van der Waals surface area contributed by atoms with Crippen LogP contribution < -0.4 is 10.1 Å². The molecule has 0 amide bonds. The molecule has 3 nitrogen and oxygen atoms in total. The van der Waals surface area contributed by atoms with Crippen molar-refractivity contribution >= 4 is 11.8 Å². The molecule has 1 saturated heterocycles. The molecular weight excluding hydrogens is 270 g/mol. The van der Waals surface area contributed by atoms with E-state index in [1.807, 2.05) is 23.9 Å². The molecule has 1 aromatic rings. The van der Waals surface area contributed by atoms with Gasteiger partial charge in [-0.05, 0) is 30.7 Å². The largest absolute Gasteiger partial charge is 0.497 e. The van der Waals surface area contributed by atoms with Crippen LogP contribution >= 0.6 is 11.8 Å².